The number of nitrogens with zero attached hydrogens (tertiary/aromatic N) is 9. The van der Waals surface area contributed by atoms with Gasteiger partial charge in [0.25, 0.3) is 0 Å². The smallest absolute Gasteiger partial charge is 0.159 e. The highest BCUT2D eigenvalue weighted by Gasteiger charge is 2.22. The monoisotopic (exact) mass is 1790 g/mol. The molecule has 0 saturated heterocycles. The Hall–Kier alpha value is -18.8. The number of aromatic nitrogens is 9. The maximum Gasteiger partial charge on any atom is 0.159 e. The van der Waals surface area contributed by atoms with Crippen molar-refractivity contribution in [3.63, 3.8) is 0 Å². The highest BCUT2D eigenvalue weighted by molar-refractivity contribution is 6.27. The van der Waals surface area contributed by atoms with Gasteiger partial charge in [0.2, 0.25) is 0 Å². The van der Waals surface area contributed by atoms with Crippen molar-refractivity contribution >= 4 is 97.8 Å². The van der Waals surface area contributed by atoms with E-state index in [1.54, 1.807) is 18.6 Å². The number of allylic oxidation sites excluding steroid dienone is 4. The van der Waals surface area contributed by atoms with E-state index in [4.69, 9.17) is 29.9 Å². The van der Waals surface area contributed by atoms with Crippen molar-refractivity contribution in [3.8, 4) is 146 Å². The minimum Gasteiger partial charge on any atom is -0.264 e. The van der Waals surface area contributed by atoms with Gasteiger partial charge in [-0.2, -0.15) is 0 Å². The molecule has 0 amide bonds. The van der Waals surface area contributed by atoms with Crippen molar-refractivity contribution in [1.29, 1.82) is 0 Å². The van der Waals surface area contributed by atoms with Crippen LogP contribution in [0.25, 0.3) is 244 Å². The molecule has 9 nitrogen and oxygen atoms in total. The minimum atomic E-state index is 0.674. The first-order valence-corrected chi connectivity index (χ1v) is 47.0. The Balaban J connectivity index is 0.000000118. The summed E-state index contributed by atoms with van der Waals surface area (Å²) in [4.78, 5) is 43.5. The van der Waals surface area contributed by atoms with E-state index >= 15 is 0 Å². The van der Waals surface area contributed by atoms with Crippen molar-refractivity contribution in [3.05, 3.63) is 529 Å². The second-order valence-corrected chi connectivity index (χ2v) is 34.7. The van der Waals surface area contributed by atoms with E-state index in [1.807, 2.05) is 97.9 Å². The lowest BCUT2D eigenvalue weighted by Crippen LogP contribution is -1.97. The van der Waals surface area contributed by atoms with Gasteiger partial charge in [0.1, 0.15) is 0 Å². The third-order valence-corrected chi connectivity index (χ3v) is 26.3. The Morgan fingerprint density at radius 2 is 0.529 bits per heavy atom. The van der Waals surface area contributed by atoms with Crippen molar-refractivity contribution in [1.82, 2.24) is 44.9 Å². The zero-order valence-corrected chi connectivity index (χ0v) is 76.3. The van der Waals surface area contributed by atoms with E-state index in [0.29, 0.717) is 17.5 Å². The number of pyridine rings is 3. The summed E-state index contributed by atoms with van der Waals surface area (Å²) in [5.74, 6) is 2.08. The quantitative estimate of drug-likeness (QED) is 0.0649. The lowest BCUT2D eigenvalue weighted by molar-refractivity contribution is 1.16. The second kappa shape index (κ2) is 38.6. The summed E-state index contributed by atoms with van der Waals surface area (Å²) in [6, 6.07) is 153. The fourth-order valence-corrected chi connectivity index (χ4v) is 19.4. The number of hydrogen-bond donors (Lipinski definition) is 0. The molecule has 0 saturated carbocycles. The van der Waals surface area contributed by atoms with Crippen molar-refractivity contribution < 1.29 is 0 Å². The molecular formula is C131H87N9. The van der Waals surface area contributed by atoms with Gasteiger partial charge in [-0.15, -0.1) is 0 Å². The summed E-state index contributed by atoms with van der Waals surface area (Å²) in [5, 5.41) is 19.7. The van der Waals surface area contributed by atoms with Crippen LogP contribution in [0.2, 0.25) is 0 Å². The molecule has 140 heavy (non-hydrogen) atoms. The summed E-state index contributed by atoms with van der Waals surface area (Å²) in [6.07, 6.45) is 25.1. The molecule has 0 spiro atoms. The SMILES string of the molecule is C=C/C(=C\C=C\c1nc(-c2ccc3c4ccccc4c4ccccc4c3c2)ncc1-c1cccc(-c2cccnc2)c1)c1cccc2ccccc12.c1ccc(-c2cccc(-c3nc(-c4ccc5c6ccccc6c6ccccc6c5c4)ncc3-c3cccc(-c4cccnc4)c3)c2)cc1.c1ccc(-c2ncc(-c3cccc(-c4cccnc4)c3)c(-c3ccc(-c4cccc5ccccc45)cc3)n2)cc1. The average molecular weight is 1790 g/mol. The van der Waals surface area contributed by atoms with Gasteiger partial charge in [-0.3, -0.25) is 15.0 Å². The maximum atomic E-state index is 5.35. The van der Waals surface area contributed by atoms with Crippen LogP contribution in [0.4, 0.5) is 0 Å². The number of hydrogen-bond acceptors (Lipinski definition) is 9. The van der Waals surface area contributed by atoms with Crippen LogP contribution in [-0.4, -0.2) is 44.9 Å². The molecule has 0 aliphatic carbocycles. The summed E-state index contributed by atoms with van der Waals surface area (Å²) >= 11 is 0. The van der Waals surface area contributed by atoms with E-state index in [9.17, 15) is 0 Å². The third-order valence-electron chi connectivity index (χ3n) is 26.3. The molecule has 0 bridgehead atoms. The van der Waals surface area contributed by atoms with Crippen LogP contribution in [-0.2, 0) is 0 Å². The highest BCUT2D eigenvalue weighted by atomic mass is 14.9. The molecule has 0 N–H and O–H groups in total. The Kier molecular flexibility index (Phi) is 23.6. The molecule has 0 aliphatic rings. The second-order valence-electron chi connectivity index (χ2n) is 34.7. The summed E-state index contributed by atoms with van der Waals surface area (Å²) in [6.45, 7) is 4.16. The van der Waals surface area contributed by atoms with Crippen LogP contribution < -0.4 is 0 Å². The summed E-state index contributed by atoms with van der Waals surface area (Å²) in [5.41, 5.74) is 27.1. The molecule has 25 rings (SSSR count). The third kappa shape index (κ3) is 17.3. The fourth-order valence-electron chi connectivity index (χ4n) is 19.4. The van der Waals surface area contributed by atoms with E-state index < -0.39 is 0 Å². The van der Waals surface area contributed by atoms with Gasteiger partial charge < -0.3 is 0 Å². The van der Waals surface area contributed by atoms with Gasteiger partial charge >= 0.3 is 0 Å². The lowest BCUT2D eigenvalue weighted by atomic mass is 9.93. The van der Waals surface area contributed by atoms with Crippen molar-refractivity contribution in [2.24, 2.45) is 0 Å². The number of benzene rings is 19. The molecule has 9 heteroatoms. The topological polar surface area (TPSA) is 116 Å². The summed E-state index contributed by atoms with van der Waals surface area (Å²) < 4.78 is 0. The Morgan fingerprint density at radius 1 is 0.200 bits per heavy atom. The van der Waals surface area contributed by atoms with E-state index in [1.165, 1.54) is 103 Å². The summed E-state index contributed by atoms with van der Waals surface area (Å²) in [7, 11) is 0. The zero-order chi connectivity index (χ0) is 93.4. The Bertz CT molecular complexity index is 8980. The first-order chi connectivity index (χ1) is 69.4. The first kappa shape index (κ1) is 85.4. The molecule has 0 unspecified atom stereocenters. The van der Waals surface area contributed by atoms with Gasteiger partial charge in [0.15, 0.2) is 17.5 Å². The number of rotatable bonds is 17. The van der Waals surface area contributed by atoms with Crippen LogP contribution in [0.5, 0.6) is 0 Å². The molecule has 6 aromatic heterocycles. The fraction of sp³-hybridized carbons (Fsp3) is 0. The molecule has 0 atom stereocenters. The molecular weight excluding hydrogens is 1700 g/mol. The molecule has 656 valence electrons. The molecule has 6 heterocycles. The molecule has 25 aromatic rings. The van der Waals surface area contributed by atoms with Crippen LogP contribution in [0, 0.1) is 0 Å². The van der Waals surface area contributed by atoms with Crippen LogP contribution >= 0.6 is 0 Å². The van der Waals surface area contributed by atoms with Crippen molar-refractivity contribution in [2.75, 3.05) is 0 Å². The van der Waals surface area contributed by atoms with Gasteiger partial charge in [-0.25, -0.2) is 29.9 Å². The zero-order valence-electron chi connectivity index (χ0n) is 76.3. The van der Waals surface area contributed by atoms with Crippen LogP contribution in [0.3, 0.4) is 0 Å². The maximum absolute atomic E-state index is 5.35. The number of fused-ring (bicyclic) bond motifs is 14. The average Bonchev–Trinajstić information content (AvgIpc) is 0.707. The normalized spacial score (nSPS) is 11.5. The predicted octanol–water partition coefficient (Wildman–Crippen LogP) is 33.8. The van der Waals surface area contributed by atoms with Gasteiger partial charge in [0.05, 0.1) is 17.1 Å². The van der Waals surface area contributed by atoms with Gasteiger partial charge in [-0.1, -0.05) is 407 Å². The standard InChI is InChI=1S/C49H33N3.C45H29N3.C37H25N3/c1-2-33(39-24-10-15-34-13-3-4-19-40(34)39)14-11-25-48-47(36-17-9-16-35(29-36)38-18-12-28-50-31-38)32-51-49(52-48)37-26-27-45-43-22-6-5-20-41(43)42-21-7-8-23-44(42)46(45)30-37;1-2-11-30(12-3-1)31-13-9-16-34(26-31)44-43(33-15-8-14-32(25-33)36-17-10-24-46-28-36)29-47-45(48-44)35-22-23-41-39-20-5-4-18-37(39)38-19-6-7-21-40(38)42(41)27-35;1-2-10-29(11-3-1)37-39-25-35(31-14-6-13-30(23-31)32-15-8-22-38-24-32)36(40-37)28-20-18-27(19-21-28)34-17-7-12-26-9-4-5-16-33(26)34/h2-32H,1H2;1-29H;1-25H/b25-11+,33-14+;;. The molecule has 19 aromatic carbocycles. The minimum absolute atomic E-state index is 0.674. The van der Waals surface area contributed by atoms with Gasteiger partial charge in [0, 0.05) is 117 Å². The largest absolute Gasteiger partial charge is 0.264 e. The highest BCUT2D eigenvalue weighted by Crippen LogP contribution is 2.44. The Labute approximate surface area is 811 Å². The molecule has 0 radical (unpaired) electrons. The first-order valence-electron chi connectivity index (χ1n) is 47.0. The lowest BCUT2D eigenvalue weighted by Gasteiger charge is -2.14. The van der Waals surface area contributed by atoms with Crippen molar-refractivity contribution in [2.45, 2.75) is 0 Å². The predicted molar refractivity (Wildman–Crippen MR) is 584 cm³/mol. The molecule has 0 fully saturated rings. The van der Waals surface area contributed by atoms with Crippen LogP contribution in [0.1, 0.15) is 11.3 Å². The van der Waals surface area contributed by atoms with E-state index in [0.717, 1.165) is 128 Å². The Morgan fingerprint density at radius 3 is 1.01 bits per heavy atom. The van der Waals surface area contributed by atoms with Crippen LogP contribution in [0.15, 0.2) is 517 Å². The molecule has 0 aliphatic heterocycles. The van der Waals surface area contributed by atoms with E-state index in [-0.39, 0.29) is 0 Å². The van der Waals surface area contributed by atoms with Gasteiger partial charge in [-0.05, 0) is 214 Å². The van der Waals surface area contributed by atoms with E-state index in [2.05, 4.69) is 422 Å².